The minimum absolute atomic E-state index is 0.176. The highest BCUT2D eigenvalue weighted by Gasteiger charge is 2.27. The van der Waals surface area contributed by atoms with Gasteiger partial charge in [-0.3, -0.25) is 4.79 Å². The first kappa shape index (κ1) is 13.3. The Morgan fingerprint density at radius 1 is 1.35 bits per heavy atom. The van der Waals surface area contributed by atoms with Crippen molar-refractivity contribution >= 4 is 21.8 Å². The Balaban J connectivity index is 1.60. The number of hydrogen-bond acceptors (Lipinski definition) is 3. The maximum Gasteiger partial charge on any atom is 0.227 e. The highest BCUT2D eigenvalue weighted by atomic mass is 79.9. The summed E-state index contributed by atoms with van der Waals surface area (Å²) in [6.07, 6.45) is 4.92. The van der Waals surface area contributed by atoms with Gasteiger partial charge < -0.3 is 4.90 Å². The third-order valence-electron chi connectivity index (χ3n) is 3.60. The van der Waals surface area contributed by atoms with Gasteiger partial charge in [0, 0.05) is 23.8 Å². The Kier molecular flexibility index (Phi) is 3.82. The highest BCUT2D eigenvalue weighted by molar-refractivity contribution is 9.10. The lowest BCUT2D eigenvalue weighted by molar-refractivity contribution is -0.129. The second-order valence-electron chi connectivity index (χ2n) is 4.97. The van der Waals surface area contributed by atoms with Gasteiger partial charge in [0.1, 0.15) is 0 Å². The molecule has 0 aliphatic carbocycles. The van der Waals surface area contributed by atoms with Gasteiger partial charge in [0.05, 0.1) is 18.7 Å². The average Bonchev–Trinajstić information content (AvgIpc) is 3.11. The van der Waals surface area contributed by atoms with Crippen LogP contribution in [-0.2, 0) is 11.2 Å². The van der Waals surface area contributed by atoms with Crippen molar-refractivity contribution in [1.82, 2.24) is 19.9 Å². The number of nitrogens with zero attached hydrogens (tertiary/aromatic N) is 4. The fourth-order valence-electron chi connectivity index (χ4n) is 2.49. The van der Waals surface area contributed by atoms with Crippen LogP contribution >= 0.6 is 15.9 Å². The largest absolute Gasteiger partial charge is 0.340 e. The van der Waals surface area contributed by atoms with E-state index in [0.29, 0.717) is 6.42 Å². The van der Waals surface area contributed by atoms with E-state index >= 15 is 0 Å². The normalized spacial score (nSPS) is 18.4. The molecule has 5 nitrogen and oxygen atoms in total. The fourth-order valence-corrected chi connectivity index (χ4v) is 2.75. The summed E-state index contributed by atoms with van der Waals surface area (Å²) in [7, 11) is 0. The molecule has 20 heavy (non-hydrogen) atoms. The predicted octanol–water partition coefficient (Wildman–Crippen LogP) is 2.06. The van der Waals surface area contributed by atoms with Crippen molar-refractivity contribution in [3.05, 3.63) is 46.7 Å². The van der Waals surface area contributed by atoms with Gasteiger partial charge in [0.15, 0.2) is 0 Å². The van der Waals surface area contributed by atoms with E-state index in [0.717, 1.165) is 29.5 Å². The van der Waals surface area contributed by atoms with E-state index in [4.69, 9.17) is 0 Å². The van der Waals surface area contributed by atoms with Crippen LogP contribution in [0.3, 0.4) is 0 Å². The fraction of sp³-hybridized carbons (Fsp3) is 0.357. The van der Waals surface area contributed by atoms with Crippen molar-refractivity contribution in [2.45, 2.75) is 18.9 Å². The Morgan fingerprint density at radius 2 is 2.15 bits per heavy atom. The molecule has 3 rings (SSSR count). The average molecular weight is 335 g/mol. The maximum atomic E-state index is 12.3. The maximum absolute atomic E-state index is 12.3. The monoisotopic (exact) mass is 334 g/mol. The number of carbonyl (C=O) groups is 1. The molecule has 1 atom stereocenters. The molecule has 0 spiro atoms. The quantitative estimate of drug-likeness (QED) is 0.863. The van der Waals surface area contributed by atoms with Crippen LogP contribution in [0.4, 0.5) is 0 Å². The van der Waals surface area contributed by atoms with Crippen molar-refractivity contribution < 1.29 is 4.79 Å². The number of hydrogen-bond donors (Lipinski definition) is 0. The summed E-state index contributed by atoms with van der Waals surface area (Å²) in [6.45, 7) is 1.51. The van der Waals surface area contributed by atoms with E-state index in [1.165, 1.54) is 0 Å². The first-order valence-corrected chi connectivity index (χ1v) is 7.40. The summed E-state index contributed by atoms with van der Waals surface area (Å²) in [5, 5.41) is 7.83. The molecule has 0 saturated carbocycles. The molecule has 2 heterocycles. The number of benzene rings is 1. The second kappa shape index (κ2) is 5.75. The van der Waals surface area contributed by atoms with Crippen LogP contribution in [0.25, 0.3) is 0 Å². The molecule has 6 heteroatoms. The molecule has 1 aliphatic heterocycles. The van der Waals surface area contributed by atoms with Crippen LogP contribution in [0.2, 0.25) is 0 Å². The zero-order chi connectivity index (χ0) is 13.9. The summed E-state index contributed by atoms with van der Waals surface area (Å²) >= 11 is 3.40. The van der Waals surface area contributed by atoms with E-state index < -0.39 is 0 Å². The molecule has 0 bridgehead atoms. The van der Waals surface area contributed by atoms with E-state index in [2.05, 4.69) is 26.2 Å². The van der Waals surface area contributed by atoms with E-state index in [-0.39, 0.29) is 11.9 Å². The van der Waals surface area contributed by atoms with Gasteiger partial charge in [-0.1, -0.05) is 33.3 Å². The van der Waals surface area contributed by atoms with Gasteiger partial charge in [0.2, 0.25) is 5.91 Å². The zero-order valence-electron chi connectivity index (χ0n) is 10.9. The van der Waals surface area contributed by atoms with Gasteiger partial charge in [-0.15, -0.1) is 5.10 Å². The van der Waals surface area contributed by atoms with Crippen molar-refractivity contribution in [2.75, 3.05) is 13.1 Å². The molecular formula is C14H15BrN4O. The van der Waals surface area contributed by atoms with Gasteiger partial charge in [-0.25, -0.2) is 4.68 Å². The highest BCUT2D eigenvalue weighted by Crippen LogP contribution is 2.21. The van der Waals surface area contributed by atoms with Crippen LogP contribution < -0.4 is 0 Å². The lowest BCUT2D eigenvalue weighted by Gasteiger charge is -2.16. The number of likely N-dealkylation sites (tertiary alicyclic amines) is 1. The van der Waals surface area contributed by atoms with Gasteiger partial charge in [-0.05, 0) is 24.1 Å². The molecule has 2 aromatic rings. The molecule has 0 radical (unpaired) electrons. The van der Waals surface area contributed by atoms with E-state index in [1.807, 2.05) is 40.0 Å². The first-order valence-electron chi connectivity index (χ1n) is 6.60. The first-order chi connectivity index (χ1) is 9.72. The van der Waals surface area contributed by atoms with Crippen molar-refractivity contribution in [1.29, 1.82) is 0 Å². The predicted molar refractivity (Wildman–Crippen MR) is 78.1 cm³/mol. The van der Waals surface area contributed by atoms with Gasteiger partial charge >= 0.3 is 0 Å². The molecule has 104 valence electrons. The van der Waals surface area contributed by atoms with Crippen LogP contribution in [0.1, 0.15) is 18.0 Å². The summed E-state index contributed by atoms with van der Waals surface area (Å²) in [4.78, 5) is 14.2. The number of halogens is 1. The van der Waals surface area contributed by atoms with Crippen LogP contribution in [0.15, 0.2) is 41.1 Å². The molecular weight excluding hydrogens is 320 g/mol. The molecule has 1 unspecified atom stereocenters. The molecule has 1 saturated heterocycles. The van der Waals surface area contributed by atoms with Crippen molar-refractivity contribution in [2.24, 2.45) is 0 Å². The number of carbonyl (C=O) groups excluding carboxylic acids is 1. The number of rotatable bonds is 3. The van der Waals surface area contributed by atoms with Crippen LogP contribution in [0.5, 0.6) is 0 Å². The summed E-state index contributed by atoms with van der Waals surface area (Å²) in [6, 6.07) is 8.14. The van der Waals surface area contributed by atoms with Crippen molar-refractivity contribution in [3.63, 3.8) is 0 Å². The summed E-state index contributed by atoms with van der Waals surface area (Å²) in [5.41, 5.74) is 1.04. The third kappa shape index (κ3) is 2.90. The molecule has 1 aliphatic rings. The minimum Gasteiger partial charge on any atom is -0.340 e. The topological polar surface area (TPSA) is 51.0 Å². The van der Waals surface area contributed by atoms with Gasteiger partial charge in [-0.2, -0.15) is 0 Å². The lowest BCUT2D eigenvalue weighted by Crippen LogP contribution is -2.30. The van der Waals surface area contributed by atoms with Crippen LogP contribution in [0, 0.1) is 0 Å². The smallest absolute Gasteiger partial charge is 0.227 e. The number of aromatic nitrogens is 3. The molecule has 1 aromatic heterocycles. The third-order valence-corrected chi connectivity index (χ3v) is 4.13. The Labute approximate surface area is 125 Å². The molecule has 1 aromatic carbocycles. The Hall–Kier alpha value is -1.69. The SMILES string of the molecule is O=C(Cc1ccc(Br)cc1)N1CCC(n2ccnn2)C1. The molecule has 1 amide bonds. The Bertz CT molecular complexity index is 582. The van der Waals surface area contributed by atoms with Gasteiger partial charge in [0.25, 0.3) is 0 Å². The van der Waals surface area contributed by atoms with E-state index in [9.17, 15) is 4.79 Å². The standard InChI is InChI=1S/C14H15BrN4O/c15-12-3-1-11(2-4-12)9-14(20)18-7-5-13(10-18)19-8-6-16-17-19/h1-4,6,8,13H,5,7,9-10H2. The second-order valence-corrected chi connectivity index (χ2v) is 5.88. The lowest BCUT2D eigenvalue weighted by atomic mass is 10.1. The van der Waals surface area contributed by atoms with E-state index in [1.54, 1.807) is 6.20 Å². The summed E-state index contributed by atoms with van der Waals surface area (Å²) < 4.78 is 2.87. The zero-order valence-corrected chi connectivity index (χ0v) is 12.5. The van der Waals surface area contributed by atoms with Crippen LogP contribution in [-0.4, -0.2) is 38.9 Å². The number of amides is 1. The Morgan fingerprint density at radius 3 is 2.85 bits per heavy atom. The molecule has 0 N–H and O–H groups in total. The van der Waals surface area contributed by atoms with Crippen molar-refractivity contribution in [3.8, 4) is 0 Å². The minimum atomic E-state index is 0.176. The molecule has 1 fully saturated rings. The summed E-state index contributed by atoms with van der Waals surface area (Å²) in [5.74, 6) is 0.176.